The van der Waals surface area contributed by atoms with Crippen molar-refractivity contribution in [2.75, 3.05) is 9.80 Å². The molecule has 0 aliphatic heterocycles. The van der Waals surface area contributed by atoms with E-state index in [1.807, 2.05) is 0 Å². The van der Waals surface area contributed by atoms with E-state index in [1.54, 1.807) is 0 Å². The highest BCUT2D eigenvalue weighted by atomic mass is 15.1. The molecule has 0 atom stereocenters. The highest BCUT2D eigenvalue weighted by Gasteiger charge is 2.37. The Hall–Kier alpha value is -6.90. The first kappa shape index (κ1) is 35.5. The summed E-state index contributed by atoms with van der Waals surface area (Å²) in [5.74, 6) is 0. The summed E-state index contributed by atoms with van der Waals surface area (Å²) in [6.45, 7) is 6.93. The van der Waals surface area contributed by atoms with Crippen molar-refractivity contribution in [3.8, 4) is 33.4 Å². The lowest BCUT2D eigenvalue weighted by atomic mass is 9.82. The Bertz CT molecular complexity index is 2800. The van der Waals surface area contributed by atoms with Gasteiger partial charge in [0.2, 0.25) is 0 Å². The first-order valence-corrected chi connectivity index (χ1v) is 20.5. The average molecular weight is 747 g/mol. The highest BCUT2D eigenvalue weighted by molar-refractivity contribution is 5.89. The van der Waals surface area contributed by atoms with Crippen molar-refractivity contribution in [3.63, 3.8) is 0 Å². The van der Waals surface area contributed by atoms with Crippen LogP contribution >= 0.6 is 0 Å². The Morgan fingerprint density at radius 1 is 0.431 bits per heavy atom. The van der Waals surface area contributed by atoms with Gasteiger partial charge in [0.05, 0.1) is 0 Å². The molecule has 0 fully saturated rings. The number of anilines is 6. The summed E-state index contributed by atoms with van der Waals surface area (Å²) < 4.78 is 0. The van der Waals surface area contributed by atoms with E-state index in [0.29, 0.717) is 0 Å². The predicted molar refractivity (Wildman–Crippen MR) is 246 cm³/mol. The monoisotopic (exact) mass is 746 g/mol. The number of para-hydroxylation sites is 1. The Kier molecular flexibility index (Phi) is 8.91. The highest BCUT2D eigenvalue weighted by Crippen LogP contribution is 2.53. The number of nitrogens with zero attached hydrogens (tertiary/aromatic N) is 2. The largest absolute Gasteiger partial charge is 0.310 e. The number of rotatable bonds is 8. The van der Waals surface area contributed by atoms with Gasteiger partial charge in [0.15, 0.2) is 0 Å². The number of hydrogen-bond donors (Lipinski definition) is 0. The Labute approximate surface area is 343 Å². The van der Waals surface area contributed by atoms with Gasteiger partial charge in [-0.05, 0) is 148 Å². The summed E-state index contributed by atoms with van der Waals surface area (Å²) >= 11 is 0. The SMILES string of the molecule is Cc1ccc(N(c2ccc(-c3cccc(-c4ccccc4)c3)cc2)c2ccc3c(c2)C(C)(C)c2cc(N(c4ccccc4)c4cccc5c4CCC=C5)ccc2-3)cc1. The topological polar surface area (TPSA) is 6.48 Å². The second kappa shape index (κ2) is 14.6. The first-order valence-electron chi connectivity index (χ1n) is 20.5. The fraction of sp³-hybridized carbons (Fsp3) is 0.107. The van der Waals surface area contributed by atoms with Gasteiger partial charge in [0.1, 0.15) is 0 Å². The van der Waals surface area contributed by atoms with Crippen molar-refractivity contribution < 1.29 is 0 Å². The molecule has 2 nitrogen and oxygen atoms in total. The maximum Gasteiger partial charge on any atom is 0.0499 e. The van der Waals surface area contributed by atoms with Gasteiger partial charge in [-0.1, -0.05) is 147 Å². The van der Waals surface area contributed by atoms with Crippen LogP contribution in [-0.4, -0.2) is 0 Å². The molecule has 0 spiro atoms. The van der Waals surface area contributed by atoms with Crippen molar-refractivity contribution in [3.05, 3.63) is 222 Å². The number of benzene rings is 8. The van der Waals surface area contributed by atoms with Crippen LogP contribution in [0.3, 0.4) is 0 Å². The zero-order chi connectivity index (χ0) is 39.2. The van der Waals surface area contributed by atoms with Gasteiger partial charge in [-0.25, -0.2) is 0 Å². The van der Waals surface area contributed by atoms with Gasteiger partial charge < -0.3 is 9.80 Å². The summed E-state index contributed by atoms with van der Waals surface area (Å²) in [5, 5.41) is 0. The Morgan fingerprint density at radius 2 is 0.948 bits per heavy atom. The molecule has 0 aromatic heterocycles. The third kappa shape index (κ3) is 6.32. The molecule has 10 rings (SSSR count). The van der Waals surface area contributed by atoms with Crippen LogP contribution in [0.5, 0.6) is 0 Å². The maximum atomic E-state index is 2.46. The maximum absolute atomic E-state index is 2.46. The fourth-order valence-electron chi connectivity index (χ4n) is 9.12. The minimum absolute atomic E-state index is 0.218. The molecule has 2 heteroatoms. The van der Waals surface area contributed by atoms with Gasteiger partial charge in [0, 0.05) is 39.5 Å². The molecule has 8 aromatic rings. The molecule has 0 heterocycles. The van der Waals surface area contributed by atoms with Crippen LogP contribution in [0.15, 0.2) is 194 Å². The second-order valence-corrected chi connectivity index (χ2v) is 16.2. The predicted octanol–water partition coefficient (Wildman–Crippen LogP) is 15.5. The quantitative estimate of drug-likeness (QED) is 0.153. The molecule has 0 amide bonds. The van der Waals surface area contributed by atoms with E-state index in [2.05, 4.69) is 231 Å². The zero-order valence-electron chi connectivity index (χ0n) is 33.4. The zero-order valence-corrected chi connectivity index (χ0v) is 33.4. The molecule has 0 bridgehead atoms. The minimum atomic E-state index is -0.218. The van der Waals surface area contributed by atoms with Crippen LogP contribution in [0.2, 0.25) is 0 Å². The number of aryl methyl sites for hydroxylation is 1. The lowest BCUT2D eigenvalue weighted by molar-refractivity contribution is 0.660. The summed E-state index contributed by atoms with van der Waals surface area (Å²) in [6, 6.07) is 69.2. The van der Waals surface area contributed by atoms with E-state index < -0.39 is 0 Å². The number of hydrogen-bond acceptors (Lipinski definition) is 2. The van der Waals surface area contributed by atoms with Gasteiger partial charge in [-0.3, -0.25) is 0 Å². The average Bonchev–Trinajstić information content (AvgIpc) is 3.50. The third-order valence-corrected chi connectivity index (χ3v) is 12.2. The molecule has 2 aliphatic rings. The van der Waals surface area contributed by atoms with E-state index >= 15 is 0 Å². The Morgan fingerprint density at radius 3 is 1.60 bits per heavy atom. The van der Waals surface area contributed by atoms with Crippen LogP contribution in [0.25, 0.3) is 39.5 Å². The van der Waals surface area contributed by atoms with E-state index in [-0.39, 0.29) is 5.41 Å². The molecule has 280 valence electrons. The van der Waals surface area contributed by atoms with E-state index in [4.69, 9.17) is 0 Å². The van der Waals surface area contributed by atoms with Crippen LogP contribution in [0.4, 0.5) is 34.1 Å². The summed E-state index contributed by atoms with van der Waals surface area (Å²) in [6.07, 6.45) is 6.68. The van der Waals surface area contributed by atoms with Crippen molar-refractivity contribution in [2.24, 2.45) is 0 Å². The van der Waals surface area contributed by atoms with Crippen molar-refractivity contribution in [2.45, 2.75) is 39.0 Å². The van der Waals surface area contributed by atoms with Crippen LogP contribution < -0.4 is 9.80 Å². The van der Waals surface area contributed by atoms with Gasteiger partial charge in [0.25, 0.3) is 0 Å². The molecule has 0 saturated heterocycles. The van der Waals surface area contributed by atoms with E-state index in [1.165, 1.54) is 78.3 Å². The van der Waals surface area contributed by atoms with Crippen LogP contribution in [0, 0.1) is 6.92 Å². The van der Waals surface area contributed by atoms with Gasteiger partial charge in [-0.2, -0.15) is 0 Å². The van der Waals surface area contributed by atoms with Crippen molar-refractivity contribution >= 4 is 40.2 Å². The van der Waals surface area contributed by atoms with Crippen LogP contribution in [0.1, 0.15) is 48.1 Å². The van der Waals surface area contributed by atoms with E-state index in [0.717, 1.165) is 29.9 Å². The smallest absolute Gasteiger partial charge is 0.0499 e. The lowest BCUT2D eigenvalue weighted by Gasteiger charge is -2.31. The second-order valence-electron chi connectivity index (χ2n) is 16.2. The molecule has 2 aliphatic carbocycles. The summed E-state index contributed by atoms with van der Waals surface area (Å²) in [4.78, 5) is 4.86. The van der Waals surface area contributed by atoms with E-state index in [9.17, 15) is 0 Å². The molecular formula is C56H46N2. The number of fused-ring (bicyclic) bond motifs is 4. The molecule has 8 aromatic carbocycles. The lowest BCUT2D eigenvalue weighted by Crippen LogP contribution is -2.18. The molecular weight excluding hydrogens is 701 g/mol. The van der Waals surface area contributed by atoms with Crippen molar-refractivity contribution in [1.29, 1.82) is 0 Å². The van der Waals surface area contributed by atoms with Gasteiger partial charge >= 0.3 is 0 Å². The molecule has 58 heavy (non-hydrogen) atoms. The normalized spacial score (nSPS) is 13.4. The van der Waals surface area contributed by atoms with Gasteiger partial charge in [-0.15, -0.1) is 0 Å². The fourth-order valence-corrected chi connectivity index (χ4v) is 9.12. The molecule has 0 unspecified atom stereocenters. The summed E-state index contributed by atoms with van der Waals surface area (Å²) in [5.41, 5.74) is 21.0. The number of allylic oxidation sites excluding steroid dienone is 1. The molecule has 0 radical (unpaired) electrons. The third-order valence-electron chi connectivity index (χ3n) is 12.2. The minimum Gasteiger partial charge on any atom is -0.310 e. The molecule has 0 saturated carbocycles. The standard InChI is InChI=1S/C56H46N2/c1-39-24-28-46(29-25-39)57(47-30-26-41(27-31-47)44-19-12-18-43(36-44)40-14-6-4-7-15-40)48-32-34-51-52-35-33-49(38-54(52)56(2,3)53(51)37-48)58(45-20-8-5-9-21-45)55-23-13-17-42-16-10-11-22-50(42)55/h4-10,12-21,23-38H,11,22H2,1-3H3. The first-order chi connectivity index (χ1) is 28.4. The van der Waals surface area contributed by atoms with Crippen LogP contribution in [-0.2, 0) is 11.8 Å². The summed E-state index contributed by atoms with van der Waals surface area (Å²) in [7, 11) is 0. The molecule has 0 N–H and O–H groups in total. The van der Waals surface area contributed by atoms with Crippen molar-refractivity contribution in [1.82, 2.24) is 0 Å². The Balaban J connectivity index is 1.03.